The molecule has 0 spiro atoms. The molecule has 0 saturated carbocycles. The summed E-state index contributed by atoms with van der Waals surface area (Å²) in [5, 5.41) is 1.51. The van der Waals surface area contributed by atoms with Gasteiger partial charge in [-0.15, -0.1) is 0 Å². The number of ether oxygens (including phenoxy) is 2. The fraction of sp³-hybridized carbons (Fsp3) is 0.304. The molecule has 2 rings (SSSR count). The van der Waals surface area contributed by atoms with Gasteiger partial charge in [-0.1, -0.05) is 70.0 Å². The van der Waals surface area contributed by atoms with E-state index in [0.717, 1.165) is 53.8 Å². The number of alkyl halides is 2. The Hall–Kier alpha value is -0.560. The molecule has 2 nitrogen and oxygen atoms in total. The van der Waals surface area contributed by atoms with Gasteiger partial charge in [-0.2, -0.15) is 0 Å². The molecule has 29 heavy (non-hydrogen) atoms. The van der Waals surface area contributed by atoms with Crippen LogP contribution < -0.4 is 9.47 Å². The maximum atomic E-state index is 5.98. The predicted molar refractivity (Wildman–Crippen MR) is 137 cm³/mol. The zero-order valence-corrected chi connectivity index (χ0v) is 23.2. The first-order valence-corrected chi connectivity index (χ1v) is 12.9. The molecule has 6 heteroatoms. The zero-order valence-electron chi connectivity index (χ0n) is 16.9. The van der Waals surface area contributed by atoms with Gasteiger partial charge >= 0.3 is 0 Å². The molecule has 0 heterocycles. The average Bonchev–Trinajstić information content (AvgIpc) is 2.72. The molecule has 0 saturated heterocycles. The molecule has 0 fully saturated rings. The maximum Gasteiger partial charge on any atom is 0.169 e. The van der Waals surface area contributed by atoms with E-state index < -0.39 is 0 Å². The van der Waals surface area contributed by atoms with Crippen molar-refractivity contribution in [1.82, 2.24) is 0 Å². The van der Waals surface area contributed by atoms with Crippen molar-refractivity contribution in [2.24, 2.45) is 0 Å². The van der Waals surface area contributed by atoms with E-state index in [0.29, 0.717) is 0 Å². The van der Waals surface area contributed by atoms with E-state index in [9.17, 15) is 0 Å². The van der Waals surface area contributed by atoms with Crippen LogP contribution in [0.2, 0.25) is 0 Å². The molecule has 2 aromatic rings. The Morgan fingerprint density at radius 3 is 1.48 bits per heavy atom. The second kappa shape index (κ2) is 11.2. The van der Waals surface area contributed by atoms with Crippen LogP contribution >= 0.6 is 63.7 Å². The summed E-state index contributed by atoms with van der Waals surface area (Å²) in [4.78, 5) is 0. The van der Waals surface area contributed by atoms with E-state index in [-0.39, 0.29) is 5.41 Å². The number of hydrogen-bond donors (Lipinski definition) is 0. The highest BCUT2D eigenvalue weighted by atomic mass is 79.9. The standard InChI is InChI=1S/C23H24Br4O2/c1-15(13-24)21(26)28-19-9-5-7-17(11-19)23(3,4)18-8-6-10-20(12-18)29-22(27)16(2)14-25/h5-12H,13-14H2,1-4H3/b21-15+,22-16+. The predicted octanol–water partition coefficient (Wildman–Crippen LogP) is 8.81. The van der Waals surface area contributed by atoms with Gasteiger partial charge in [-0.25, -0.2) is 0 Å². The van der Waals surface area contributed by atoms with E-state index in [4.69, 9.17) is 9.47 Å². The van der Waals surface area contributed by atoms with Crippen LogP contribution in [-0.2, 0) is 5.41 Å². The fourth-order valence-corrected chi connectivity index (χ4v) is 4.47. The van der Waals surface area contributed by atoms with Gasteiger partial charge in [-0.05, 0) is 92.2 Å². The van der Waals surface area contributed by atoms with Crippen molar-refractivity contribution < 1.29 is 9.47 Å². The van der Waals surface area contributed by atoms with Gasteiger partial charge in [-0.3, -0.25) is 0 Å². The number of hydrogen-bond acceptors (Lipinski definition) is 2. The Morgan fingerprint density at radius 1 is 0.759 bits per heavy atom. The third kappa shape index (κ3) is 6.71. The van der Waals surface area contributed by atoms with Crippen LogP contribution in [0.25, 0.3) is 0 Å². The number of halogens is 4. The lowest BCUT2D eigenvalue weighted by Gasteiger charge is -2.27. The van der Waals surface area contributed by atoms with E-state index in [2.05, 4.69) is 102 Å². The molecule has 0 aliphatic rings. The summed E-state index contributed by atoms with van der Waals surface area (Å²) < 4.78 is 13.4. The normalized spacial score (nSPS) is 13.5. The Kier molecular flexibility index (Phi) is 9.52. The minimum atomic E-state index is -0.222. The molecule has 0 amide bonds. The Balaban J connectivity index is 2.34. The minimum Gasteiger partial charge on any atom is -0.450 e. The van der Waals surface area contributed by atoms with Gasteiger partial charge in [0.25, 0.3) is 0 Å². The van der Waals surface area contributed by atoms with Crippen LogP contribution in [0.3, 0.4) is 0 Å². The smallest absolute Gasteiger partial charge is 0.169 e. The third-order valence-electron chi connectivity index (χ3n) is 4.60. The van der Waals surface area contributed by atoms with E-state index in [1.165, 1.54) is 0 Å². The molecule has 0 unspecified atom stereocenters. The molecule has 156 valence electrons. The minimum absolute atomic E-state index is 0.222. The quantitative estimate of drug-likeness (QED) is 0.210. The molecule has 2 aromatic carbocycles. The van der Waals surface area contributed by atoms with Crippen LogP contribution in [-0.4, -0.2) is 10.7 Å². The van der Waals surface area contributed by atoms with Crippen molar-refractivity contribution >= 4 is 63.7 Å². The lowest BCUT2D eigenvalue weighted by atomic mass is 9.78. The molecule has 0 aromatic heterocycles. The van der Waals surface area contributed by atoms with Crippen LogP contribution in [0, 0.1) is 0 Å². The fourth-order valence-electron chi connectivity index (χ4n) is 2.55. The Labute approximate surface area is 207 Å². The largest absolute Gasteiger partial charge is 0.450 e. The van der Waals surface area contributed by atoms with Gasteiger partial charge in [0.15, 0.2) is 9.34 Å². The van der Waals surface area contributed by atoms with Crippen molar-refractivity contribution in [2.45, 2.75) is 33.1 Å². The summed E-state index contributed by atoms with van der Waals surface area (Å²) in [7, 11) is 0. The van der Waals surface area contributed by atoms with Crippen LogP contribution in [0.5, 0.6) is 11.5 Å². The van der Waals surface area contributed by atoms with Crippen molar-refractivity contribution in [3.8, 4) is 11.5 Å². The second-order valence-corrected chi connectivity index (χ2v) is 9.82. The third-order valence-corrected chi connectivity index (χ3v) is 7.96. The lowest BCUT2D eigenvalue weighted by Crippen LogP contribution is -2.19. The number of rotatable bonds is 8. The first kappa shape index (κ1) is 24.7. The van der Waals surface area contributed by atoms with E-state index in [1.54, 1.807) is 0 Å². The lowest BCUT2D eigenvalue weighted by molar-refractivity contribution is 0.459. The van der Waals surface area contributed by atoms with Crippen molar-refractivity contribution in [2.75, 3.05) is 10.7 Å². The van der Waals surface area contributed by atoms with E-state index in [1.807, 2.05) is 38.1 Å². The second-order valence-electron chi connectivity index (χ2n) is 7.26. The summed E-state index contributed by atoms with van der Waals surface area (Å²) in [6, 6.07) is 16.4. The highest BCUT2D eigenvalue weighted by Crippen LogP contribution is 2.36. The van der Waals surface area contributed by atoms with Gasteiger partial charge in [0.05, 0.1) is 0 Å². The number of benzene rings is 2. The van der Waals surface area contributed by atoms with Crippen molar-refractivity contribution in [3.05, 3.63) is 80.1 Å². The molecule has 0 aliphatic heterocycles. The van der Waals surface area contributed by atoms with Crippen LogP contribution in [0.15, 0.2) is 69.0 Å². The highest BCUT2D eigenvalue weighted by molar-refractivity contribution is 9.12. The number of allylic oxidation sites excluding steroid dienone is 2. The first-order chi connectivity index (χ1) is 13.7. The van der Waals surface area contributed by atoms with Gasteiger partial charge in [0, 0.05) is 16.1 Å². The molecule has 0 aliphatic carbocycles. The van der Waals surface area contributed by atoms with Crippen LogP contribution in [0.1, 0.15) is 38.8 Å². The Bertz CT molecular complexity index is 843. The maximum absolute atomic E-state index is 5.98. The summed E-state index contributed by atoms with van der Waals surface area (Å²) in [5.74, 6) is 1.60. The molecular weight excluding hydrogens is 628 g/mol. The van der Waals surface area contributed by atoms with E-state index >= 15 is 0 Å². The zero-order chi connectivity index (χ0) is 21.6. The molecule has 0 radical (unpaired) electrons. The Morgan fingerprint density at radius 2 is 1.14 bits per heavy atom. The molecule has 0 atom stereocenters. The van der Waals surface area contributed by atoms with Gasteiger partial charge < -0.3 is 9.47 Å². The van der Waals surface area contributed by atoms with Gasteiger partial charge in [0.1, 0.15) is 11.5 Å². The summed E-state index contributed by atoms with van der Waals surface area (Å²) in [6.07, 6.45) is 0. The van der Waals surface area contributed by atoms with Crippen molar-refractivity contribution in [1.29, 1.82) is 0 Å². The summed E-state index contributed by atoms with van der Waals surface area (Å²) in [5.41, 5.74) is 4.29. The average molecular weight is 652 g/mol. The monoisotopic (exact) mass is 648 g/mol. The topological polar surface area (TPSA) is 18.5 Å². The summed E-state index contributed by atoms with van der Waals surface area (Å²) in [6.45, 7) is 8.44. The van der Waals surface area contributed by atoms with Crippen molar-refractivity contribution in [3.63, 3.8) is 0 Å². The van der Waals surface area contributed by atoms with Crippen LogP contribution in [0.4, 0.5) is 0 Å². The first-order valence-electron chi connectivity index (χ1n) is 9.08. The molecule has 0 bridgehead atoms. The SMILES string of the molecule is C/C(CBr)=C(/Br)Oc1cccc(C(C)(C)c2cccc(O/C(Br)=C(\C)CBr)c2)c1. The highest BCUT2D eigenvalue weighted by Gasteiger charge is 2.24. The molecular formula is C23H24Br4O2. The molecule has 0 N–H and O–H groups in total. The van der Waals surface area contributed by atoms with Gasteiger partial charge in [0.2, 0.25) is 0 Å². The summed E-state index contributed by atoms with van der Waals surface area (Å²) >= 11 is 13.9.